The minimum atomic E-state index is -6.29. The van der Waals surface area contributed by atoms with Crippen LogP contribution in [-0.2, 0) is 46.8 Å². The number of esters is 1. The molecule has 1 N–H and O–H groups in total. The summed E-state index contributed by atoms with van der Waals surface area (Å²) < 4.78 is 106. The molecule has 1 aliphatic heterocycles. The zero-order chi connectivity index (χ0) is 46.3. The summed E-state index contributed by atoms with van der Waals surface area (Å²) in [4.78, 5) is 46.6. The van der Waals surface area contributed by atoms with Crippen LogP contribution in [0.25, 0.3) is 0 Å². The van der Waals surface area contributed by atoms with Gasteiger partial charge in [0.15, 0.2) is 0 Å². The van der Waals surface area contributed by atoms with E-state index >= 15 is 0 Å². The number of aryl methyl sites for hydroxylation is 2. The number of hydrogen-bond acceptors (Lipinski definition) is 10. The minimum Gasteiger partial charge on any atom is -0.456 e. The third-order valence-corrected chi connectivity index (χ3v) is 9.01. The zero-order valence-electron chi connectivity index (χ0n) is 34.7. The third-order valence-electron chi connectivity index (χ3n) is 9.01. The molecule has 3 heterocycles. The average molecular weight is 886 g/mol. The molecule has 0 atom stereocenters. The highest BCUT2D eigenvalue weighted by Crippen LogP contribution is 2.54. The number of hydrazine groups is 1. The van der Waals surface area contributed by atoms with Gasteiger partial charge >= 0.3 is 30.0 Å². The SMILES string of the molecule is CC(=O)N1C(=O)N(NCc2cccnc2)Cc2cc(C(F)(C(F)(F)F)C(F)(F)F)ccc21.Cc1nn(C)c(Oc2ccccc2)c1/C=N/OCc1ccc(C(=O)OC(C)(C)C)cc1. The van der Waals surface area contributed by atoms with E-state index in [0.29, 0.717) is 39.8 Å². The van der Waals surface area contributed by atoms with Crippen LogP contribution in [0.1, 0.15) is 71.6 Å². The fourth-order valence-electron chi connectivity index (χ4n) is 6.01. The molecular weight excluding hydrogens is 844 g/mol. The van der Waals surface area contributed by atoms with Crippen molar-refractivity contribution in [3.63, 3.8) is 0 Å². The van der Waals surface area contributed by atoms with Gasteiger partial charge in [0.2, 0.25) is 11.8 Å². The van der Waals surface area contributed by atoms with E-state index in [2.05, 4.69) is 20.7 Å². The number of benzene rings is 3. The molecule has 0 bridgehead atoms. The molecule has 5 aromatic rings. The molecule has 1 aliphatic rings. The molecule has 3 amide bonds. The maximum absolute atomic E-state index is 14.5. The van der Waals surface area contributed by atoms with Crippen LogP contribution >= 0.6 is 0 Å². The third kappa shape index (κ3) is 11.4. The Labute approximate surface area is 357 Å². The summed E-state index contributed by atoms with van der Waals surface area (Å²) in [5, 5.41) is 9.30. The van der Waals surface area contributed by atoms with Gasteiger partial charge in [-0.3, -0.25) is 14.8 Å². The highest BCUT2D eigenvalue weighted by molar-refractivity contribution is 6.14. The first kappa shape index (κ1) is 47.2. The maximum atomic E-state index is 14.5. The standard InChI is InChI=1S/C24H27N3O4.C19H15F7N4O2/c1-17-21(22(27(5)26-17)30-20-9-7-6-8-10-20)15-25-29-16-18-11-13-19(14-12-18)23(28)31-24(2,3)4;1-11(31)30-15-5-4-14(17(20,18(21,22)23)19(24,25)26)7-13(15)10-29(16(30)32)28-9-12-3-2-6-27-8-12/h6-15H,16H2,1-5H3;2-8,28H,9-10H2,1H3/b25-15+;. The number of hydrogen-bond donors (Lipinski definition) is 1. The number of halogens is 7. The van der Waals surface area contributed by atoms with Crippen molar-refractivity contribution in [1.82, 2.24) is 25.2 Å². The molecule has 334 valence electrons. The molecule has 63 heavy (non-hydrogen) atoms. The summed E-state index contributed by atoms with van der Waals surface area (Å²) in [6.45, 7) is 8.15. The van der Waals surface area contributed by atoms with E-state index in [1.807, 2.05) is 77.2 Å². The molecule has 6 rings (SSSR count). The van der Waals surface area contributed by atoms with Gasteiger partial charge < -0.3 is 14.3 Å². The number of carbonyl (C=O) groups excluding carboxylic acids is 3. The van der Waals surface area contributed by atoms with Crippen LogP contribution in [0.15, 0.2) is 102 Å². The van der Waals surface area contributed by atoms with Crippen LogP contribution in [0.4, 0.5) is 41.2 Å². The molecule has 13 nitrogen and oxygen atoms in total. The fraction of sp³-hybridized carbons (Fsp3) is 0.302. The first-order valence-electron chi connectivity index (χ1n) is 18.9. The van der Waals surface area contributed by atoms with Crippen molar-refractivity contribution in [3.8, 4) is 11.6 Å². The van der Waals surface area contributed by atoms with E-state index in [0.717, 1.165) is 28.8 Å². The van der Waals surface area contributed by atoms with Crippen LogP contribution in [-0.4, -0.2) is 61.8 Å². The normalized spacial score (nSPS) is 13.3. The van der Waals surface area contributed by atoms with Gasteiger partial charge in [-0.2, -0.15) is 31.4 Å². The Hall–Kier alpha value is -6.83. The number of nitrogens with zero attached hydrogens (tertiary/aromatic N) is 6. The van der Waals surface area contributed by atoms with Gasteiger partial charge in [0.05, 0.1) is 35.3 Å². The van der Waals surface area contributed by atoms with Crippen LogP contribution in [0, 0.1) is 6.92 Å². The lowest BCUT2D eigenvalue weighted by Gasteiger charge is -2.37. The van der Waals surface area contributed by atoms with Gasteiger partial charge in [0, 0.05) is 38.5 Å². The summed E-state index contributed by atoms with van der Waals surface area (Å²) in [6, 6.07) is 20.2. The molecule has 0 spiro atoms. The van der Waals surface area contributed by atoms with Crippen molar-refractivity contribution >= 4 is 29.8 Å². The molecule has 0 aliphatic carbocycles. The van der Waals surface area contributed by atoms with Crippen LogP contribution in [0.2, 0.25) is 0 Å². The fourth-order valence-corrected chi connectivity index (χ4v) is 6.01. The number of anilines is 1. The number of nitrogens with one attached hydrogen (secondary N) is 1. The van der Waals surface area contributed by atoms with E-state index in [4.69, 9.17) is 14.3 Å². The molecule has 0 fully saturated rings. The Kier molecular flexibility index (Phi) is 14.3. The van der Waals surface area contributed by atoms with Gasteiger partial charge in [-0.05, 0) is 86.8 Å². The first-order valence-corrected chi connectivity index (χ1v) is 18.9. The van der Waals surface area contributed by atoms with Crippen molar-refractivity contribution in [2.75, 3.05) is 4.90 Å². The number of amides is 3. The predicted octanol–water partition coefficient (Wildman–Crippen LogP) is 9.39. The quantitative estimate of drug-likeness (QED) is 0.0595. The van der Waals surface area contributed by atoms with E-state index in [-0.39, 0.29) is 36.4 Å². The lowest BCUT2D eigenvalue weighted by Crippen LogP contribution is -2.54. The highest BCUT2D eigenvalue weighted by atomic mass is 19.4. The van der Waals surface area contributed by atoms with Crippen molar-refractivity contribution in [2.24, 2.45) is 12.2 Å². The molecule has 0 saturated carbocycles. The smallest absolute Gasteiger partial charge is 0.435 e. The predicted molar refractivity (Wildman–Crippen MR) is 215 cm³/mol. The summed E-state index contributed by atoms with van der Waals surface area (Å²) in [5.41, 5.74) is -2.24. The van der Waals surface area contributed by atoms with Crippen molar-refractivity contribution in [1.29, 1.82) is 0 Å². The summed E-state index contributed by atoms with van der Waals surface area (Å²) in [6.07, 6.45) is -8.03. The van der Waals surface area contributed by atoms with Gasteiger partial charge in [0.1, 0.15) is 18.0 Å². The molecule has 0 radical (unpaired) electrons. The number of para-hydroxylation sites is 1. The number of urea groups is 1. The number of rotatable bonds is 11. The van der Waals surface area contributed by atoms with Crippen LogP contribution in [0.3, 0.4) is 0 Å². The number of ether oxygens (including phenoxy) is 2. The second-order valence-electron chi connectivity index (χ2n) is 15.0. The van der Waals surface area contributed by atoms with E-state index in [1.54, 1.807) is 35.2 Å². The topological polar surface area (TPSA) is 140 Å². The average Bonchev–Trinajstić information content (AvgIpc) is 3.47. The number of imide groups is 1. The maximum Gasteiger partial charge on any atom is 0.435 e. The summed E-state index contributed by atoms with van der Waals surface area (Å²) in [7, 11) is 1.82. The Morgan fingerprint density at radius 2 is 1.56 bits per heavy atom. The number of fused-ring (bicyclic) bond motifs is 1. The Morgan fingerprint density at radius 1 is 0.889 bits per heavy atom. The van der Waals surface area contributed by atoms with Crippen LogP contribution in [0.5, 0.6) is 11.6 Å². The van der Waals surface area contributed by atoms with E-state index in [9.17, 15) is 45.1 Å². The lowest BCUT2D eigenvalue weighted by molar-refractivity contribution is -0.348. The number of pyridine rings is 1. The Bertz CT molecular complexity index is 2410. The molecule has 2 aromatic heterocycles. The largest absolute Gasteiger partial charge is 0.456 e. The number of oxime groups is 1. The second-order valence-corrected chi connectivity index (χ2v) is 15.0. The van der Waals surface area contributed by atoms with Crippen molar-refractivity contribution < 1.29 is 59.4 Å². The number of alkyl halides is 7. The summed E-state index contributed by atoms with van der Waals surface area (Å²) in [5.74, 6) is 0.106. The van der Waals surface area contributed by atoms with Gasteiger partial charge in [0.25, 0.3) is 0 Å². The Balaban J connectivity index is 0.000000238. The molecule has 0 unspecified atom stereocenters. The molecule has 0 saturated heterocycles. The van der Waals surface area contributed by atoms with Gasteiger partial charge in [-0.1, -0.05) is 47.6 Å². The van der Waals surface area contributed by atoms with Crippen molar-refractivity contribution in [2.45, 2.75) is 77.9 Å². The monoisotopic (exact) mass is 885 g/mol. The van der Waals surface area contributed by atoms with Crippen molar-refractivity contribution in [3.05, 3.63) is 136 Å². The molecule has 20 heteroatoms. The van der Waals surface area contributed by atoms with Crippen LogP contribution < -0.4 is 15.1 Å². The number of aromatic nitrogens is 3. The number of carbonyl (C=O) groups is 3. The first-order chi connectivity index (χ1) is 29.5. The Morgan fingerprint density at radius 3 is 2.14 bits per heavy atom. The lowest BCUT2D eigenvalue weighted by atomic mass is 9.91. The molecule has 3 aromatic carbocycles. The zero-order valence-corrected chi connectivity index (χ0v) is 34.7. The molecular formula is C43H42F7N7O6. The second kappa shape index (κ2) is 19.1. The van der Waals surface area contributed by atoms with E-state index in [1.165, 1.54) is 12.4 Å². The highest BCUT2D eigenvalue weighted by Gasteiger charge is 2.73. The van der Waals surface area contributed by atoms with Gasteiger partial charge in [-0.25, -0.2) is 29.0 Å². The summed E-state index contributed by atoms with van der Waals surface area (Å²) >= 11 is 0. The van der Waals surface area contributed by atoms with E-state index < -0.39 is 47.7 Å². The minimum absolute atomic E-state index is 0.0124. The van der Waals surface area contributed by atoms with Gasteiger partial charge in [-0.15, -0.1) is 0 Å².